The summed E-state index contributed by atoms with van der Waals surface area (Å²) in [6.45, 7) is 5.03. The minimum atomic E-state index is 0.0422. The summed E-state index contributed by atoms with van der Waals surface area (Å²) in [7, 11) is 1.68. The molecule has 0 amide bonds. The summed E-state index contributed by atoms with van der Waals surface area (Å²) in [6.07, 6.45) is 0. The van der Waals surface area contributed by atoms with E-state index in [-0.39, 0.29) is 6.04 Å². The van der Waals surface area contributed by atoms with E-state index in [0.29, 0.717) is 5.02 Å². The first-order valence-corrected chi connectivity index (χ1v) is 8.06. The predicted molar refractivity (Wildman–Crippen MR) is 92.4 cm³/mol. The molecule has 1 N–H and O–H groups in total. The zero-order chi connectivity index (χ0) is 15.4. The van der Waals surface area contributed by atoms with Crippen LogP contribution in [0.5, 0.6) is 5.75 Å². The van der Waals surface area contributed by atoms with Crippen molar-refractivity contribution in [2.24, 2.45) is 0 Å². The van der Waals surface area contributed by atoms with E-state index in [1.807, 2.05) is 12.1 Å². The summed E-state index contributed by atoms with van der Waals surface area (Å²) < 4.78 is 6.42. The van der Waals surface area contributed by atoms with Crippen LogP contribution in [0.1, 0.15) is 29.7 Å². The maximum absolute atomic E-state index is 6.22. The second-order valence-corrected chi connectivity index (χ2v) is 6.20. The fourth-order valence-corrected chi connectivity index (χ4v) is 3.38. The summed E-state index contributed by atoms with van der Waals surface area (Å²) in [5, 5.41) is 4.19. The van der Waals surface area contributed by atoms with E-state index in [9.17, 15) is 0 Å². The fraction of sp³-hybridized carbons (Fsp3) is 0.294. The van der Waals surface area contributed by atoms with E-state index in [2.05, 4.69) is 59.4 Å². The van der Waals surface area contributed by atoms with Crippen molar-refractivity contribution >= 4 is 27.5 Å². The van der Waals surface area contributed by atoms with Crippen molar-refractivity contribution < 1.29 is 4.74 Å². The Labute approximate surface area is 139 Å². The Morgan fingerprint density at radius 2 is 1.90 bits per heavy atom. The van der Waals surface area contributed by atoms with Gasteiger partial charge >= 0.3 is 0 Å². The molecule has 2 aromatic rings. The third kappa shape index (κ3) is 3.79. The average molecular weight is 369 g/mol. The molecular formula is C17H19BrClNO. The van der Waals surface area contributed by atoms with Gasteiger partial charge in [-0.25, -0.2) is 0 Å². The van der Waals surface area contributed by atoms with Crippen molar-refractivity contribution in [3.8, 4) is 5.75 Å². The zero-order valence-electron chi connectivity index (χ0n) is 12.4. The molecular weight excluding hydrogens is 350 g/mol. The number of aryl methyl sites for hydroxylation is 1. The van der Waals surface area contributed by atoms with E-state index in [4.69, 9.17) is 16.3 Å². The SMILES string of the molecule is CCNC(c1ccc(C)cc1)c1cc(Cl)cc(Br)c1OC. The average Bonchev–Trinajstić information content (AvgIpc) is 2.45. The van der Waals surface area contributed by atoms with Crippen LogP contribution in [-0.2, 0) is 0 Å². The van der Waals surface area contributed by atoms with Gasteiger partial charge in [-0.15, -0.1) is 0 Å². The summed E-state index contributed by atoms with van der Waals surface area (Å²) >= 11 is 9.75. The van der Waals surface area contributed by atoms with Crippen LogP contribution >= 0.6 is 27.5 Å². The Bertz CT molecular complexity index is 613. The maximum atomic E-state index is 6.22. The third-order valence-electron chi connectivity index (χ3n) is 3.37. The van der Waals surface area contributed by atoms with Crippen LogP contribution in [0.15, 0.2) is 40.9 Å². The highest BCUT2D eigenvalue weighted by atomic mass is 79.9. The largest absolute Gasteiger partial charge is 0.495 e. The lowest BCUT2D eigenvalue weighted by atomic mass is 9.97. The predicted octanol–water partition coefficient (Wildman–Crippen LogP) is 5.12. The number of rotatable bonds is 5. The molecule has 0 radical (unpaired) electrons. The smallest absolute Gasteiger partial charge is 0.138 e. The highest BCUT2D eigenvalue weighted by molar-refractivity contribution is 9.10. The number of halogens is 2. The molecule has 2 nitrogen and oxygen atoms in total. The number of hydrogen-bond donors (Lipinski definition) is 1. The Morgan fingerprint density at radius 3 is 2.48 bits per heavy atom. The van der Waals surface area contributed by atoms with Gasteiger partial charge in [-0.05, 0) is 47.1 Å². The summed E-state index contributed by atoms with van der Waals surface area (Å²) in [5.41, 5.74) is 3.46. The van der Waals surface area contributed by atoms with Crippen LogP contribution in [0.25, 0.3) is 0 Å². The highest BCUT2D eigenvalue weighted by Gasteiger charge is 2.20. The number of methoxy groups -OCH3 is 1. The number of benzene rings is 2. The first-order valence-electron chi connectivity index (χ1n) is 6.89. The highest BCUT2D eigenvalue weighted by Crippen LogP contribution is 2.38. The molecule has 0 fully saturated rings. The van der Waals surface area contributed by atoms with Gasteiger partial charge in [-0.2, -0.15) is 0 Å². The Balaban J connectivity index is 2.54. The summed E-state index contributed by atoms with van der Waals surface area (Å²) in [6, 6.07) is 12.4. The minimum Gasteiger partial charge on any atom is -0.495 e. The zero-order valence-corrected chi connectivity index (χ0v) is 14.8. The molecule has 1 atom stereocenters. The molecule has 0 spiro atoms. The van der Waals surface area contributed by atoms with Gasteiger partial charge in [0.25, 0.3) is 0 Å². The molecule has 0 bridgehead atoms. The van der Waals surface area contributed by atoms with Gasteiger partial charge in [0.15, 0.2) is 0 Å². The van der Waals surface area contributed by atoms with Gasteiger partial charge in [0, 0.05) is 10.6 Å². The van der Waals surface area contributed by atoms with Crippen molar-refractivity contribution in [1.29, 1.82) is 0 Å². The number of hydrogen-bond acceptors (Lipinski definition) is 2. The second kappa shape index (κ2) is 7.30. The molecule has 0 aliphatic rings. The van der Waals surface area contributed by atoms with Gasteiger partial charge < -0.3 is 10.1 Å². The van der Waals surface area contributed by atoms with Gasteiger partial charge in [0.05, 0.1) is 17.6 Å². The number of ether oxygens (including phenoxy) is 1. The van der Waals surface area contributed by atoms with Crippen LogP contribution < -0.4 is 10.1 Å². The molecule has 1 unspecified atom stereocenters. The van der Waals surface area contributed by atoms with Crippen LogP contribution in [0.4, 0.5) is 0 Å². The van der Waals surface area contributed by atoms with Crippen molar-refractivity contribution in [3.63, 3.8) is 0 Å². The molecule has 112 valence electrons. The van der Waals surface area contributed by atoms with E-state index in [0.717, 1.165) is 22.3 Å². The van der Waals surface area contributed by atoms with Crippen LogP contribution in [-0.4, -0.2) is 13.7 Å². The lowest BCUT2D eigenvalue weighted by molar-refractivity contribution is 0.401. The molecule has 0 saturated carbocycles. The molecule has 0 aliphatic carbocycles. The molecule has 0 heterocycles. The van der Waals surface area contributed by atoms with Crippen molar-refractivity contribution in [3.05, 3.63) is 62.6 Å². The molecule has 0 saturated heterocycles. The van der Waals surface area contributed by atoms with E-state index in [1.54, 1.807) is 7.11 Å². The van der Waals surface area contributed by atoms with Crippen molar-refractivity contribution in [2.75, 3.05) is 13.7 Å². The van der Waals surface area contributed by atoms with Crippen molar-refractivity contribution in [1.82, 2.24) is 5.32 Å². The first kappa shape index (κ1) is 16.3. The minimum absolute atomic E-state index is 0.0422. The summed E-state index contributed by atoms with van der Waals surface area (Å²) in [5.74, 6) is 0.811. The quantitative estimate of drug-likeness (QED) is 0.791. The lowest BCUT2D eigenvalue weighted by Crippen LogP contribution is -2.22. The Morgan fingerprint density at radius 1 is 1.24 bits per heavy atom. The van der Waals surface area contributed by atoms with Gasteiger partial charge in [0.1, 0.15) is 5.75 Å². The number of nitrogens with one attached hydrogen (secondary N) is 1. The monoisotopic (exact) mass is 367 g/mol. The molecule has 21 heavy (non-hydrogen) atoms. The molecule has 0 aromatic heterocycles. The van der Waals surface area contributed by atoms with Gasteiger partial charge in [-0.3, -0.25) is 0 Å². The van der Waals surface area contributed by atoms with E-state index >= 15 is 0 Å². The van der Waals surface area contributed by atoms with E-state index in [1.165, 1.54) is 11.1 Å². The Hall–Kier alpha value is -1.03. The molecule has 4 heteroatoms. The van der Waals surface area contributed by atoms with E-state index < -0.39 is 0 Å². The normalized spacial score (nSPS) is 12.2. The maximum Gasteiger partial charge on any atom is 0.138 e. The Kier molecular flexibility index (Phi) is 5.68. The molecule has 0 aliphatic heterocycles. The van der Waals surface area contributed by atoms with Crippen LogP contribution in [0, 0.1) is 6.92 Å². The van der Waals surface area contributed by atoms with Gasteiger partial charge in [-0.1, -0.05) is 48.4 Å². The topological polar surface area (TPSA) is 21.3 Å². The van der Waals surface area contributed by atoms with Crippen LogP contribution in [0.2, 0.25) is 5.02 Å². The lowest BCUT2D eigenvalue weighted by Gasteiger charge is -2.22. The van der Waals surface area contributed by atoms with Crippen LogP contribution in [0.3, 0.4) is 0 Å². The summed E-state index contributed by atoms with van der Waals surface area (Å²) in [4.78, 5) is 0. The van der Waals surface area contributed by atoms with Crippen molar-refractivity contribution in [2.45, 2.75) is 19.9 Å². The molecule has 2 aromatic carbocycles. The standard InChI is InChI=1S/C17H19BrClNO/c1-4-20-16(12-7-5-11(2)6-8-12)14-9-13(19)10-15(18)17(14)21-3/h5-10,16,20H,4H2,1-3H3. The molecule has 2 rings (SSSR count). The van der Waals surface area contributed by atoms with Gasteiger partial charge in [0.2, 0.25) is 0 Å². The third-order valence-corrected chi connectivity index (χ3v) is 4.18. The first-order chi connectivity index (χ1) is 10.1. The second-order valence-electron chi connectivity index (χ2n) is 4.91. The fourth-order valence-electron chi connectivity index (χ4n) is 2.38.